The zero-order valence-corrected chi connectivity index (χ0v) is 9.94. The van der Waals surface area contributed by atoms with Crippen LogP contribution in [0.5, 0.6) is 5.88 Å². The van der Waals surface area contributed by atoms with Crippen LogP contribution in [0.15, 0.2) is 6.07 Å². The zero-order valence-electron chi connectivity index (χ0n) is 7.78. The number of pyridine rings is 1. The Labute approximate surface area is 101 Å². The summed E-state index contributed by atoms with van der Waals surface area (Å²) in [5.41, 5.74) is -0.589. The largest absolute Gasteiger partial charge is 0.574 e. The average molecular weight is 353 g/mol. The third kappa shape index (κ3) is 3.42. The van der Waals surface area contributed by atoms with Crippen LogP contribution in [0.4, 0.5) is 22.0 Å². The smallest absolute Gasteiger partial charge is 0.387 e. The van der Waals surface area contributed by atoms with Crippen molar-refractivity contribution in [1.82, 2.24) is 4.98 Å². The van der Waals surface area contributed by atoms with Gasteiger partial charge < -0.3 is 4.74 Å². The molecule has 0 amide bonds. The highest BCUT2D eigenvalue weighted by atomic mass is 127. The van der Waals surface area contributed by atoms with Crippen molar-refractivity contribution in [2.24, 2.45) is 0 Å². The molecule has 0 unspecified atom stereocenters. The predicted octanol–water partition coefficient (Wildman–Crippen LogP) is 3.83. The lowest BCUT2D eigenvalue weighted by Gasteiger charge is -2.12. The quantitative estimate of drug-likeness (QED) is 0.596. The van der Waals surface area contributed by atoms with Crippen LogP contribution >= 0.6 is 22.6 Å². The van der Waals surface area contributed by atoms with Gasteiger partial charge in [0.25, 0.3) is 6.43 Å². The van der Waals surface area contributed by atoms with Crippen LogP contribution in [0.1, 0.15) is 17.7 Å². The first-order chi connectivity index (χ1) is 7.20. The van der Waals surface area contributed by atoms with E-state index in [1.165, 1.54) is 29.5 Å². The molecule has 0 aliphatic carbocycles. The van der Waals surface area contributed by atoms with Gasteiger partial charge in [-0.3, -0.25) is 0 Å². The zero-order chi connectivity index (χ0) is 12.5. The van der Waals surface area contributed by atoms with E-state index in [9.17, 15) is 22.0 Å². The molecule has 8 heteroatoms. The first kappa shape index (κ1) is 13.4. The van der Waals surface area contributed by atoms with Gasteiger partial charge in [0.2, 0.25) is 5.88 Å². The second kappa shape index (κ2) is 4.68. The lowest BCUT2D eigenvalue weighted by atomic mass is 10.2. The minimum atomic E-state index is -4.88. The van der Waals surface area contributed by atoms with Gasteiger partial charge in [-0.15, -0.1) is 13.2 Å². The Hall–Kier alpha value is -0.670. The Morgan fingerprint density at radius 2 is 1.94 bits per heavy atom. The Balaban J connectivity index is 3.11. The highest BCUT2D eigenvalue weighted by molar-refractivity contribution is 14.1. The maximum atomic E-state index is 12.4. The van der Waals surface area contributed by atoms with Crippen molar-refractivity contribution in [3.8, 4) is 5.88 Å². The second-order valence-corrected chi connectivity index (χ2v) is 3.96. The molecule has 0 aromatic carbocycles. The van der Waals surface area contributed by atoms with Gasteiger partial charge in [0.05, 0.1) is 9.26 Å². The Morgan fingerprint density at radius 3 is 2.38 bits per heavy atom. The first-order valence-corrected chi connectivity index (χ1v) is 4.99. The van der Waals surface area contributed by atoms with Crippen molar-refractivity contribution in [2.45, 2.75) is 19.7 Å². The minimum Gasteiger partial charge on any atom is -0.387 e. The van der Waals surface area contributed by atoms with E-state index in [1.807, 2.05) is 0 Å². The normalized spacial score (nSPS) is 12.0. The van der Waals surface area contributed by atoms with Crippen LogP contribution in [-0.2, 0) is 0 Å². The van der Waals surface area contributed by atoms with Crippen LogP contribution < -0.4 is 4.74 Å². The van der Waals surface area contributed by atoms with Gasteiger partial charge in [-0.2, -0.15) is 0 Å². The van der Waals surface area contributed by atoms with E-state index in [0.29, 0.717) is 0 Å². The topological polar surface area (TPSA) is 22.1 Å². The lowest BCUT2D eigenvalue weighted by Crippen LogP contribution is -2.19. The molecule has 0 fully saturated rings. The highest BCUT2D eigenvalue weighted by Crippen LogP contribution is 2.30. The fourth-order valence-electron chi connectivity index (χ4n) is 0.975. The van der Waals surface area contributed by atoms with Crippen molar-refractivity contribution in [1.29, 1.82) is 0 Å². The molecule has 0 aliphatic heterocycles. The molecule has 1 aromatic rings. The van der Waals surface area contributed by atoms with Crippen molar-refractivity contribution in [2.75, 3.05) is 0 Å². The van der Waals surface area contributed by atoms with E-state index in [4.69, 9.17) is 0 Å². The number of rotatable bonds is 2. The van der Waals surface area contributed by atoms with Gasteiger partial charge >= 0.3 is 6.36 Å². The molecule has 0 saturated heterocycles. The maximum absolute atomic E-state index is 12.4. The van der Waals surface area contributed by atoms with E-state index in [1.54, 1.807) is 0 Å². The average Bonchev–Trinajstić information content (AvgIpc) is 2.07. The molecule has 90 valence electrons. The van der Waals surface area contributed by atoms with Crippen molar-refractivity contribution >= 4 is 22.6 Å². The summed E-state index contributed by atoms with van der Waals surface area (Å²) in [6.45, 7) is 1.20. The first-order valence-electron chi connectivity index (χ1n) is 3.91. The van der Waals surface area contributed by atoms with E-state index in [-0.39, 0.29) is 9.26 Å². The Kier molecular flexibility index (Phi) is 3.92. The summed E-state index contributed by atoms with van der Waals surface area (Å²) in [5, 5.41) is 0. The summed E-state index contributed by atoms with van der Waals surface area (Å²) >= 11 is 1.46. The maximum Gasteiger partial charge on any atom is 0.574 e. The molecule has 0 radical (unpaired) electrons. The number of aromatic nitrogens is 1. The number of halogens is 6. The molecular weight excluding hydrogens is 348 g/mol. The standard InChI is InChI=1S/C8H5F5INO/c1-3-4(6(9)10)2-5(14)7(15-3)16-8(11,12)13/h2,6H,1H3. The van der Waals surface area contributed by atoms with Gasteiger partial charge in [-0.1, -0.05) is 0 Å². The lowest BCUT2D eigenvalue weighted by molar-refractivity contribution is -0.276. The third-order valence-electron chi connectivity index (χ3n) is 1.62. The summed E-state index contributed by atoms with van der Waals surface area (Å²) in [5.74, 6) is -0.713. The van der Waals surface area contributed by atoms with Gasteiger partial charge in [-0.05, 0) is 35.6 Å². The molecule has 1 rings (SSSR count). The van der Waals surface area contributed by atoms with E-state index in [0.717, 1.165) is 6.07 Å². The van der Waals surface area contributed by atoms with E-state index >= 15 is 0 Å². The molecule has 0 atom stereocenters. The predicted molar refractivity (Wildman–Crippen MR) is 53.3 cm³/mol. The fraction of sp³-hybridized carbons (Fsp3) is 0.375. The van der Waals surface area contributed by atoms with Crippen LogP contribution in [0.25, 0.3) is 0 Å². The Bertz CT molecular complexity index is 393. The van der Waals surface area contributed by atoms with Crippen molar-refractivity contribution < 1.29 is 26.7 Å². The van der Waals surface area contributed by atoms with Crippen molar-refractivity contribution in [3.63, 3.8) is 0 Å². The molecule has 0 aliphatic rings. The summed E-state index contributed by atoms with van der Waals surface area (Å²) < 4.78 is 63.9. The van der Waals surface area contributed by atoms with Crippen molar-refractivity contribution in [3.05, 3.63) is 20.9 Å². The third-order valence-corrected chi connectivity index (χ3v) is 2.39. The minimum absolute atomic E-state index is 0.115. The van der Waals surface area contributed by atoms with Crippen LogP contribution in [-0.4, -0.2) is 11.3 Å². The van der Waals surface area contributed by atoms with Gasteiger partial charge in [0.15, 0.2) is 0 Å². The molecule has 2 nitrogen and oxygen atoms in total. The summed E-state index contributed by atoms with van der Waals surface area (Å²) in [4.78, 5) is 3.35. The van der Waals surface area contributed by atoms with Crippen LogP contribution in [0.2, 0.25) is 0 Å². The number of hydrogen-bond donors (Lipinski definition) is 0. The molecule has 16 heavy (non-hydrogen) atoms. The highest BCUT2D eigenvalue weighted by Gasteiger charge is 2.33. The van der Waals surface area contributed by atoms with Gasteiger partial charge in [0, 0.05) is 5.56 Å². The van der Waals surface area contributed by atoms with Gasteiger partial charge in [-0.25, -0.2) is 13.8 Å². The molecule has 1 aromatic heterocycles. The number of alkyl halides is 5. The SMILES string of the molecule is Cc1nc(OC(F)(F)F)c(I)cc1C(F)F. The number of ether oxygens (including phenoxy) is 1. The number of aryl methyl sites for hydroxylation is 1. The number of nitrogens with zero attached hydrogens (tertiary/aromatic N) is 1. The molecule has 0 N–H and O–H groups in total. The fourth-order valence-corrected chi connectivity index (χ4v) is 1.54. The monoisotopic (exact) mass is 353 g/mol. The van der Waals surface area contributed by atoms with E-state index in [2.05, 4.69) is 9.72 Å². The van der Waals surface area contributed by atoms with Gasteiger partial charge in [0.1, 0.15) is 0 Å². The molecule has 0 bridgehead atoms. The van der Waals surface area contributed by atoms with Crippen LogP contribution in [0.3, 0.4) is 0 Å². The van der Waals surface area contributed by atoms with E-state index < -0.39 is 24.2 Å². The summed E-state index contributed by atoms with van der Waals surface area (Å²) in [7, 11) is 0. The number of hydrogen-bond acceptors (Lipinski definition) is 2. The van der Waals surface area contributed by atoms with Crippen LogP contribution in [0, 0.1) is 10.5 Å². The molecule has 0 spiro atoms. The Morgan fingerprint density at radius 1 is 1.38 bits per heavy atom. The summed E-state index contributed by atoms with van der Waals surface area (Å²) in [6, 6.07) is 0.925. The molecule has 0 saturated carbocycles. The molecular formula is C8H5F5INO. The summed E-state index contributed by atoms with van der Waals surface area (Å²) in [6.07, 6.45) is -7.66. The molecule has 1 heterocycles. The second-order valence-electron chi connectivity index (χ2n) is 2.80.